The van der Waals surface area contributed by atoms with Crippen LogP contribution < -0.4 is 5.32 Å². The minimum Gasteiger partial charge on any atom is -0.352 e. The van der Waals surface area contributed by atoms with Crippen molar-refractivity contribution in [2.24, 2.45) is 5.92 Å². The molecule has 4 nitrogen and oxygen atoms in total. The van der Waals surface area contributed by atoms with Gasteiger partial charge in [-0.05, 0) is 5.92 Å². The van der Waals surface area contributed by atoms with Gasteiger partial charge in [-0.15, -0.1) is 0 Å². The molecule has 0 aromatic heterocycles. The number of carbonyl (C=O) groups excluding carboxylic acids is 1. The SMILES string of the molecule is CC(C)C1CS(=O)(=O)CCC(=O)N1. The number of amides is 1. The summed E-state index contributed by atoms with van der Waals surface area (Å²) in [5, 5.41) is 2.72. The van der Waals surface area contributed by atoms with E-state index in [0.717, 1.165) is 0 Å². The number of hydrogen-bond donors (Lipinski definition) is 1. The third-order valence-electron chi connectivity index (χ3n) is 2.22. The van der Waals surface area contributed by atoms with Crippen molar-refractivity contribution in [2.45, 2.75) is 26.3 Å². The predicted molar refractivity (Wildman–Crippen MR) is 50.0 cm³/mol. The quantitative estimate of drug-likeness (QED) is 0.652. The van der Waals surface area contributed by atoms with E-state index in [9.17, 15) is 13.2 Å². The summed E-state index contributed by atoms with van der Waals surface area (Å²) in [5.74, 6) is 0.0787. The molecule has 0 aliphatic carbocycles. The molecular formula is C8H15NO3S. The van der Waals surface area contributed by atoms with Crippen molar-refractivity contribution in [3.05, 3.63) is 0 Å². The molecule has 0 bridgehead atoms. The van der Waals surface area contributed by atoms with Crippen LogP contribution in [-0.4, -0.2) is 31.9 Å². The third kappa shape index (κ3) is 2.99. The van der Waals surface area contributed by atoms with Gasteiger partial charge in [0.15, 0.2) is 9.84 Å². The monoisotopic (exact) mass is 205 g/mol. The van der Waals surface area contributed by atoms with Gasteiger partial charge in [0, 0.05) is 12.5 Å². The first-order chi connectivity index (χ1) is 5.91. The summed E-state index contributed by atoms with van der Waals surface area (Å²) in [6, 6.07) is -0.222. The molecule has 1 aliphatic heterocycles. The van der Waals surface area contributed by atoms with E-state index >= 15 is 0 Å². The molecule has 1 aliphatic rings. The van der Waals surface area contributed by atoms with Crippen LogP contribution in [0.2, 0.25) is 0 Å². The highest BCUT2D eigenvalue weighted by Gasteiger charge is 2.27. The highest BCUT2D eigenvalue weighted by molar-refractivity contribution is 7.91. The summed E-state index contributed by atoms with van der Waals surface area (Å²) in [6.45, 7) is 3.82. The molecule has 0 saturated carbocycles. The minimum absolute atomic E-state index is 0.0119. The van der Waals surface area contributed by atoms with Gasteiger partial charge in [0.2, 0.25) is 5.91 Å². The molecule has 0 aromatic carbocycles. The van der Waals surface area contributed by atoms with E-state index < -0.39 is 9.84 Å². The van der Waals surface area contributed by atoms with Crippen LogP contribution in [0.1, 0.15) is 20.3 Å². The van der Waals surface area contributed by atoms with E-state index in [-0.39, 0.29) is 35.8 Å². The van der Waals surface area contributed by atoms with Gasteiger partial charge >= 0.3 is 0 Å². The molecule has 1 saturated heterocycles. The molecule has 0 aromatic rings. The summed E-state index contributed by atoms with van der Waals surface area (Å²) >= 11 is 0. The van der Waals surface area contributed by atoms with Crippen molar-refractivity contribution in [2.75, 3.05) is 11.5 Å². The first-order valence-electron chi connectivity index (χ1n) is 4.40. The summed E-state index contributed by atoms with van der Waals surface area (Å²) < 4.78 is 22.7. The lowest BCUT2D eigenvalue weighted by Crippen LogP contribution is -2.40. The van der Waals surface area contributed by atoms with E-state index in [1.165, 1.54) is 0 Å². The van der Waals surface area contributed by atoms with Crippen LogP contribution in [0.25, 0.3) is 0 Å². The van der Waals surface area contributed by atoms with Gasteiger partial charge in [-0.3, -0.25) is 4.79 Å². The number of sulfone groups is 1. The highest BCUT2D eigenvalue weighted by atomic mass is 32.2. The van der Waals surface area contributed by atoms with E-state index in [0.29, 0.717) is 0 Å². The lowest BCUT2D eigenvalue weighted by Gasteiger charge is -2.18. The average Bonchev–Trinajstić information content (AvgIpc) is 2.11. The smallest absolute Gasteiger partial charge is 0.221 e. The van der Waals surface area contributed by atoms with E-state index in [1.54, 1.807) is 0 Å². The Bertz CT molecular complexity index is 295. The van der Waals surface area contributed by atoms with Crippen LogP contribution >= 0.6 is 0 Å². The maximum Gasteiger partial charge on any atom is 0.221 e. The van der Waals surface area contributed by atoms with E-state index in [1.807, 2.05) is 13.8 Å². The molecule has 13 heavy (non-hydrogen) atoms. The normalized spacial score (nSPS) is 28.2. The molecule has 0 spiro atoms. The van der Waals surface area contributed by atoms with Crippen LogP contribution in [0.15, 0.2) is 0 Å². The summed E-state index contributed by atoms with van der Waals surface area (Å²) in [4.78, 5) is 11.1. The van der Waals surface area contributed by atoms with Gasteiger partial charge in [-0.2, -0.15) is 0 Å². The Hall–Kier alpha value is -0.580. The predicted octanol–water partition coefficient (Wildman–Crippen LogP) is -0.0543. The van der Waals surface area contributed by atoms with Gasteiger partial charge in [-0.1, -0.05) is 13.8 Å². The highest BCUT2D eigenvalue weighted by Crippen LogP contribution is 2.10. The maximum atomic E-state index is 11.3. The molecule has 1 atom stereocenters. The Balaban J connectivity index is 2.81. The number of hydrogen-bond acceptors (Lipinski definition) is 3. The van der Waals surface area contributed by atoms with Crippen LogP contribution in [0.4, 0.5) is 0 Å². The fourth-order valence-electron chi connectivity index (χ4n) is 1.28. The van der Waals surface area contributed by atoms with Crippen LogP contribution in [0, 0.1) is 5.92 Å². The van der Waals surface area contributed by atoms with E-state index in [2.05, 4.69) is 5.32 Å². The molecule has 76 valence electrons. The van der Waals surface area contributed by atoms with Crippen LogP contribution in [0.3, 0.4) is 0 Å². The Morgan fingerprint density at radius 1 is 1.46 bits per heavy atom. The van der Waals surface area contributed by atoms with Crippen molar-refractivity contribution in [1.29, 1.82) is 0 Å². The summed E-state index contributed by atoms with van der Waals surface area (Å²) in [5.41, 5.74) is 0. The fourth-order valence-corrected chi connectivity index (χ4v) is 2.96. The van der Waals surface area contributed by atoms with Gasteiger partial charge < -0.3 is 5.32 Å². The van der Waals surface area contributed by atoms with Crippen LogP contribution in [-0.2, 0) is 14.6 Å². The van der Waals surface area contributed by atoms with Crippen molar-refractivity contribution >= 4 is 15.7 Å². The molecule has 5 heteroatoms. The topological polar surface area (TPSA) is 63.2 Å². The second-order valence-corrected chi connectivity index (χ2v) is 6.01. The van der Waals surface area contributed by atoms with Gasteiger partial charge in [0.25, 0.3) is 0 Å². The number of carbonyl (C=O) groups is 1. The Labute approximate surface area is 78.6 Å². The van der Waals surface area contributed by atoms with E-state index in [4.69, 9.17) is 0 Å². The Morgan fingerprint density at radius 3 is 2.62 bits per heavy atom. The molecule has 1 unspecified atom stereocenters. The summed E-state index contributed by atoms with van der Waals surface area (Å²) in [7, 11) is -3.03. The lowest BCUT2D eigenvalue weighted by molar-refractivity contribution is -0.121. The second kappa shape index (κ2) is 3.65. The van der Waals surface area contributed by atoms with Gasteiger partial charge in [-0.25, -0.2) is 8.42 Å². The molecule has 1 fully saturated rings. The zero-order valence-corrected chi connectivity index (χ0v) is 8.73. The lowest BCUT2D eigenvalue weighted by atomic mass is 10.1. The number of rotatable bonds is 1. The first kappa shape index (κ1) is 10.5. The third-order valence-corrected chi connectivity index (χ3v) is 3.92. The van der Waals surface area contributed by atoms with Crippen molar-refractivity contribution in [3.8, 4) is 0 Å². The minimum atomic E-state index is -3.03. The summed E-state index contributed by atoms with van der Waals surface area (Å²) in [6.07, 6.45) is 0.103. The molecule has 1 rings (SSSR count). The molecular weight excluding hydrogens is 190 g/mol. The van der Waals surface area contributed by atoms with Crippen molar-refractivity contribution in [1.82, 2.24) is 5.32 Å². The van der Waals surface area contributed by atoms with Crippen molar-refractivity contribution in [3.63, 3.8) is 0 Å². The molecule has 1 amide bonds. The van der Waals surface area contributed by atoms with Crippen molar-refractivity contribution < 1.29 is 13.2 Å². The average molecular weight is 205 g/mol. The largest absolute Gasteiger partial charge is 0.352 e. The zero-order chi connectivity index (χ0) is 10.1. The molecule has 1 N–H and O–H groups in total. The number of nitrogens with one attached hydrogen (secondary N) is 1. The molecule has 0 radical (unpaired) electrons. The Kier molecular flexibility index (Phi) is 2.95. The Morgan fingerprint density at radius 2 is 2.08 bits per heavy atom. The maximum absolute atomic E-state index is 11.3. The first-order valence-corrected chi connectivity index (χ1v) is 6.22. The van der Waals surface area contributed by atoms with Crippen LogP contribution in [0.5, 0.6) is 0 Å². The van der Waals surface area contributed by atoms with Gasteiger partial charge in [0.05, 0.1) is 11.5 Å². The van der Waals surface area contributed by atoms with Gasteiger partial charge in [0.1, 0.15) is 0 Å². The molecule has 1 heterocycles. The standard InChI is InChI=1S/C8H15NO3S/c1-6(2)7-5-13(11,12)4-3-8(10)9-7/h6-7H,3-5H2,1-2H3,(H,9,10). The zero-order valence-electron chi connectivity index (χ0n) is 7.91. The fraction of sp³-hybridized carbons (Fsp3) is 0.875. The second-order valence-electron chi connectivity index (χ2n) is 3.78.